The molecule has 0 saturated heterocycles. The summed E-state index contributed by atoms with van der Waals surface area (Å²) in [5.74, 6) is 0. The molecule has 0 N–H and O–H groups in total. The predicted octanol–water partition coefficient (Wildman–Crippen LogP) is 2.93. The molecule has 0 radical (unpaired) electrons. The Morgan fingerprint density at radius 3 is 2.85 bits per heavy atom. The average molecular weight is 181 g/mol. The molecule has 0 aliphatic rings. The Morgan fingerprint density at radius 2 is 2.23 bits per heavy atom. The number of alkyl halides is 1. The molecular formula is C11H16FN. The Hall–Kier alpha value is -0.920. The van der Waals surface area contributed by atoms with Crippen LogP contribution in [0.4, 0.5) is 4.39 Å². The van der Waals surface area contributed by atoms with Gasteiger partial charge in [0.25, 0.3) is 0 Å². The monoisotopic (exact) mass is 181 g/mol. The van der Waals surface area contributed by atoms with Crippen LogP contribution in [0.1, 0.15) is 31.4 Å². The zero-order valence-corrected chi connectivity index (χ0v) is 8.26. The van der Waals surface area contributed by atoms with E-state index < -0.39 is 6.17 Å². The van der Waals surface area contributed by atoms with Crippen molar-refractivity contribution in [3.8, 4) is 0 Å². The molecule has 0 saturated carbocycles. The number of aryl methyl sites for hydroxylation is 1. The molecule has 1 unspecified atom stereocenters. The van der Waals surface area contributed by atoms with Crippen LogP contribution in [-0.4, -0.2) is 11.2 Å². The van der Waals surface area contributed by atoms with Crippen LogP contribution in [-0.2, 0) is 12.8 Å². The summed E-state index contributed by atoms with van der Waals surface area (Å²) < 4.78 is 12.8. The number of hydrogen-bond donors (Lipinski definition) is 0. The van der Waals surface area contributed by atoms with Gasteiger partial charge in [-0.1, -0.05) is 13.3 Å². The normalized spacial score (nSPS) is 12.8. The van der Waals surface area contributed by atoms with Crippen molar-refractivity contribution < 1.29 is 4.39 Å². The second kappa shape index (κ2) is 4.95. The summed E-state index contributed by atoms with van der Waals surface area (Å²) in [6.45, 7) is 3.71. The minimum Gasteiger partial charge on any atom is -0.264 e. The van der Waals surface area contributed by atoms with Crippen LogP contribution in [0.5, 0.6) is 0 Å². The lowest BCUT2D eigenvalue weighted by Gasteiger charge is -2.07. The predicted molar refractivity (Wildman–Crippen MR) is 52.5 cm³/mol. The molecule has 0 spiro atoms. The van der Waals surface area contributed by atoms with Crippen LogP contribution in [0.15, 0.2) is 18.5 Å². The lowest BCUT2D eigenvalue weighted by atomic mass is 10.0. The maximum atomic E-state index is 12.8. The van der Waals surface area contributed by atoms with Gasteiger partial charge in [-0.05, 0) is 30.5 Å². The highest BCUT2D eigenvalue weighted by Gasteiger charge is 2.05. The number of pyridine rings is 1. The molecule has 1 aromatic heterocycles. The molecule has 72 valence electrons. The lowest BCUT2D eigenvalue weighted by Crippen LogP contribution is -2.02. The van der Waals surface area contributed by atoms with E-state index in [-0.39, 0.29) is 0 Å². The molecule has 13 heavy (non-hydrogen) atoms. The Kier molecular flexibility index (Phi) is 3.87. The van der Waals surface area contributed by atoms with Crippen LogP contribution in [0.25, 0.3) is 0 Å². The van der Waals surface area contributed by atoms with Crippen LogP contribution in [0.2, 0.25) is 0 Å². The highest BCUT2D eigenvalue weighted by atomic mass is 19.1. The maximum Gasteiger partial charge on any atom is 0.101 e. The largest absolute Gasteiger partial charge is 0.264 e. The summed E-state index contributed by atoms with van der Waals surface area (Å²) in [6, 6.07) is 1.92. The van der Waals surface area contributed by atoms with E-state index in [0.717, 1.165) is 18.4 Å². The summed E-state index contributed by atoms with van der Waals surface area (Å²) in [7, 11) is 0. The smallest absolute Gasteiger partial charge is 0.101 e. The molecule has 1 aromatic rings. The quantitative estimate of drug-likeness (QED) is 0.696. The van der Waals surface area contributed by atoms with E-state index in [9.17, 15) is 4.39 Å². The number of halogens is 1. The fourth-order valence-electron chi connectivity index (χ4n) is 1.45. The SMILES string of the molecule is CCCc1cnccc1CC(C)F. The summed E-state index contributed by atoms with van der Waals surface area (Å²) >= 11 is 0. The first-order valence-corrected chi connectivity index (χ1v) is 4.80. The first-order chi connectivity index (χ1) is 6.24. The van der Waals surface area contributed by atoms with Crippen molar-refractivity contribution in [2.24, 2.45) is 0 Å². The fraction of sp³-hybridized carbons (Fsp3) is 0.545. The van der Waals surface area contributed by atoms with E-state index in [0.29, 0.717) is 6.42 Å². The highest BCUT2D eigenvalue weighted by Crippen LogP contribution is 2.12. The zero-order valence-electron chi connectivity index (χ0n) is 8.26. The highest BCUT2D eigenvalue weighted by molar-refractivity contribution is 5.23. The molecule has 0 bridgehead atoms. The Bertz CT molecular complexity index is 258. The van der Waals surface area contributed by atoms with E-state index in [1.54, 1.807) is 13.1 Å². The van der Waals surface area contributed by atoms with E-state index in [4.69, 9.17) is 0 Å². The molecule has 2 heteroatoms. The first kappa shape index (κ1) is 10.2. The van der Waals surface area contributed by atoms with E-state index in [2.05, 4.69) is 11.9 Å². The van der Waals surface area contributed by atoms with Crippen molar-refractivity contribution in [3.63, 3.8) is 0 Å². The van der Waals surface area contributed by atoms with E-state index in [1.165, 1.54) is 5.56 Å². The number of aromatic nitrogens is 1. The number of rotatable bonds is 4. The minimum absolute atomic E-state index is 0.512. The van der Waals surface area contributed by atoms with Crippen molar-refractivity contribution in [2.75, 3.05) is 0 Å². The summed E-state index contributed by atoms with van der Waals surface area (Å²) in [5.41, 5.74) is 2.29. The van der Waals surface area contributed by atoms with Gasteiger partial charge in [0.05, 0.1) is 0 Å². The molecule has 1 heterocycles. The van der Waals surface area contributed by atoms with Gasteiger partial charge in [0.15, 0.2) is 0 Å². The molecule has 1 rings (SSSR count). The molecule has 1 atom stereocenters. The first-order valence-electron chi connectivity index (χ1n) is 4.80. The molecule has 0 aromatic carbocycles. The summed E-state index contributed by atoms with van der Waals surface area (Å²) in [4.78, 5) is 4.05. The average Bonchev–Trinajstić information content (AvgIpc) is 2.08. The molecule has 0 fully saturated rings. The van der Waals surface area contributed by atoms with Crippen LogP contribution in [0, 0.1) is 0 Å². The van der Waals surface area contributed by atoms with Gasteiger partial charge in [-0.15, -0.1) is 0 Å². The van der Waals surface area contributed by atoms with Crippen molar-refractivity contribution in [2.45, 2.75) is 39.3 Å². The summed E-state index contributed by atoms with van der Waals surface area (Å²) in [6.07, 6.45) is 5.41. The molecule has 0 amide bonds. The summed E-state index contributed by atoms with van der Waals surface area (Å²) in [5, 5.41) is 0. The zero-order chi connectivity index (χ0) is 9.68. The third kappa shape index (κ3) is 3.13. The standard InChI is InChI=1S/C11H16FN/c1-3-4-11-8-13-6-5-10(11)7-9(2)12/h5-6,8-9H,3-4,7H2,1-2H3. The van der Waals surface area contributed by atoms with E-state index in [1.807, 2.05) is 12.3 Å². The topological polar surface area (TPSA) is 12.9 Å². The third-order valence-corrected chi connectivity index (χ3v) is 2.03. The van der Waals surface area contributed by atoms with Gasteiger partial charge in [-0.3, -0.25) is 4.98 Å². The minimum atomic E-state index is -0.766. The second-order valence-electron chi connectivity index (χ2n) is 3.38. The van der Waals surface area contributed by atoms with Gasteiger partial charge in [0.1, 0.15) is 6.17 Å². The Balaban J connectivity index is 2.78. The number of hydrogen-bond acceptors (Lipinski definition) is 1. The van der Waals surface area contributed by atoms with Crippen molar-refractivity contribution in [3.05, 3.63) is 29.6 Å². The third-order valence-electron chi connectivity index (χ3n) is 2.03. The van der Waals surface area contributed by atoms with Gasteiger partial charge in [0.2, 0.25) is 0 Å². The van der Waals surface area contributed by atoms with Crippen LogP contribution >= 0.6 is 0 Å². The Labute approximate surface area is 79.0 Å². The molecule has 0 aliphatic carbocycles. The molecule has 1 nitrogen and oxygen atoms in total. The van der Waals surface area contributed by atoms with Gasteiger partial charge in [0, 0.05) is 18.8 Å². The van der Waals surface area contributed by atoms with Crippen LogP contribution in [0.3, 0.4) is 0 Å². The second-order valence-corrected chi connectivity index (χ2v) is 3.38. The number of nitrogens with zero attached hydrogens (tertiary/aromatic N) is 1. The van der Waals surface area contributed by atoms with E-state index >= 15 is 0 Å². The van der Waals surface area contributed by atoms with Gasteiger partial charge in [-0.25, -0.2) is 4.39 Å². The van der Waals surface area contributed by atoms with Crippen molar-refractivity contribution in [1.29, 1.82) is 0 Å². The van der Waals surface area contributed by atoms with Crippen molar-refractivity contribution >= 4 is 0 Å². The van der Waals surface area contributed by atoms with Gasteiger partial charge < -0.3 is 0 Å². The Morgan fingerprint density at radius 1 is 1.46 bits per heavy atom. The van der Waals surface area contributed by atoms with Gasteiger partial charge in [-0.2, -0.15) is 0 Å². The maximum absolute atomic E-state index is 12.8. The molecule has 0 aliphatic heterocycles. The van der Waals surface area contributed by atoms with Gasteiger partial charge >= 0.3 is 0 Å². The fourth-order valence-corrected chi connectivity index (χ4v) is 1.45. The molecular weight excluding hydrogens is 165 g/mol. The lowest BCUT2D eigenvalue weighted by molar-refractivity contribution is 0.359. The van der Waals surface area contributed by atoms with Crippen molar-refractivity contribution in [1.82, 2.24) is 4.98 Å². The van der Waals surface area contributed by atoms with Crippen LogP contribution < -0.4 is 0 Å².